The van der Waals surface area contributed by atoms with Gasteiger partial charge >= 0.3 is 6.03 Å². The van der Waals surface area contributed by atoms with Crippen molar-refractivity contribution in [3.8, 4) is 0 Å². The molecule has 1 saturated heterocycles. The van der Waals surface area contributed by atoms with Crippen LogP contribution in [-0.2, 0) is 11.3 Å². The summed E-state index contributed by atoms with van der Waals surface area (Å²) < 4.78 is 5.63. The van der Waals surface area contributed by atoms with Gasteiger partial charge in [0, 0.05) is 0 Å². The lowest BCUT2D eigenvalue weighted by atomic mass is 9.77. The summed E-state index contributed by atoms with van der Waals surface area (Å²) in [5.41, 5.74) is 0.682. The van der Waals surface area contributed by atoms with Crippen molar-refractivity contribution in [3.63, 3.8) is 0 Å². The first-order chi connectivity index (χ1) is 11.1. The average molecular weight is 313 g/mol. The highest BCUT2D eigenvalue weighted by Crippen LogP contribution is 2.36. The minimum Gasteiger partial charge on any atom is -0.439 e. The minimum atomic E-state index is -0.713. The molecule has 6 nitrogen and oxygen atoms in total. The maximum Gasteiger partial charge on any atom is 0.325 e. The molecule has 2 aromatic rings. The van der Waals surface area contributed by atoms with Gasteiger partial charge in [-0.2, -0.15) is 0 Å². The molecule has 1 spiro atoms. The Balaban J connectivity index is 1.57. The zero-order valence-electron chi connectivity index (χ0n) is 13.0. The van der Waals surface area contributed by atoms with Crippen molar-refractivity contribution in [2.24, 2.45) is 5.92 Å². The Labute approximate surface area is 133 Å². The number of hydrogen-bond acceptors (Lipinski definition) is 4. The predicted octanol–water partition coefficient (Wildman–Crippen LogP) is 2.83. The summed E-state index contributed by atoms with van der Waals surface area (Å²) in [5, 5.41) is 2.91. The number of amides is 3. The van der Waals surface area contributed by atoms with Gasteiger partial charge in [0.25, 0.3) is 5.91 Å². The number of nitrogens with zero attached hydrogens (tertiary/aromatic N) is 2. The van der Waals surface area contributed by atoms with E-state index in [1.165, 1.54) is 4.90 Å². The van der Waals surface area contributed by atoms with E-state index in [0.29, 0.717) is 30.2 Å². The number of aromatic nitrogens is 1. The monoisotopic (exact) mass is 313 g/mol. The zero-order chi connectivity index (χ0) is 16.0. The van der Waals surface area contributed by atoms with Crippen molar-refractivity contribution in [3.05, 3.63) is 30.2 Å². The molecule has 3 amide bonds. The summed E-state index contributed by atoms with van der Waals surface area (Å²) in [5.74, 6) is 0.851. The maximum atomic E-state index is 12.8. The van der Waals surface area contributed by atoms with Crippen molar-refractivity contribution < 1.29 is 14.0 Å². The SMILES string of the molecule is CC1CCC2(CC1)NC(=O)N(Cc1nc3ccccc3o1)C2=O. The summed E-state index contributed by atoms with van der Waals surface area (Å²) >= 11 is 0. The van der Waals surface area contributed by atoms with Gasteiger partial charge < -0.3 is 9.73 Å². The van der Waals surface area contributed by atoms with E-state index in [2.05, 4.69) is 17.2 Å². The van der Waals surface area contributed by atoms with Crippen LogP contribution in [0.3, 0.4) is 0 Å². The van der Waals surface area contributed by atoms with Crippen LogP contribution in [0.15, 0.2) is 28.7 Å². The van der Waals surface area contributed by atoms with Crippen LogP contribution in [0.2, 0.25) is 0 Å². The van der Waals surface area contributed by atoms with Gasteiger partial charge in [-0.1, -0.05) is 19.1 Å². The molecule has 6 heteroatoms. The van der Waals surface area contributed by atoms with E-state index < -0.39 is 5.54 Å². The first kappa shape index (κ1) is 14.2. The molecule has 1 aromatic heterocycles. The number of carbonyl (C=O) groups is 2. The number of oxazole rings is 1. The lowest BCUT2D eigenvalue weighted by Crippen LogP contribution is -2.49. The van der Waals surface area contributed by atoms with Gasteiger partial charge in [0.15, 0.2) is 5.58 Å². The molecule has 0 radical (unpaired) electrons. The van der Waals surface area contributed by atoms with Crippen LogP contribution >= 0.6 is 0 Å². The molecule has 0 atom stereocenters. The van der Waals surface area contributed by atoms with E-state index in [9.17, 15) is 9.59 Å². The quantitative estimate of drug-likeness (QED) is 0.865. The summed E-state index contributed by atoms with van der Waals surface area (Å²) in [7, 11) is 0. The maximum absolute atomic E-state index is 12.8. The minimum absolute atomic E-state index is 0.0800. The van der Waals surface area contributed by atoms with Gasteiger partial charge in [-0.15, -0.1) is 0 Å². The molecular weight excluding hydrogens is 294 g/mol. The Morgan fingerprint density at radius 3 is 2.78 bits per heavy atom. The summed E-state index contributed by atoms with van der Waals surface area (Å²) in [6.45, 7) is 2.26. The van der Waals surface area contributed by atoms with E-state index in [-0.39, 0.29) is 18.5 Å². The number of benzene rings is 1. The van der Waals surface area contributed by atoms with Crippen LogP contribution in [0.5, 0.6) is 0 Å². The van der Waals surface area contributed by atoms with Crippen LogP contribution < -0.4 is 5.32 Å². The number of nitrogens with one attached hydrogen (secondary N) is 1. The second kappa shape index (κ2) is 5.08. The van der Waals surface area contributed by atoms with Gasteiger partial charge in [-0.3, -0.25) is 9.69 Å². The van der Waals surface area contributed by atoms with Crippen molar-refractivity contribution in [1.29, 1.82) is 0 Å². The lowest BCUT2D eigenvalue weighted by Gasteiger charge is -2.33. The Morgan fingerprint density at radius 1 is 1.30 bits per heavy atom. The third-order valence-electron chi connectivity index (χ3n) is 5.01. The lowest BCUT2D eigenvalue weighted by molar-refractivity contribution is -0.133. The molecule has 1 saturated carbocycles. The molecule has 4 rings (SSSR count). The molecular formula is C17H19N3O3. The Bertz CT molecular complexity index is 741. The molecule has 1 aliphatic heterocycles. The fourth-order valence-electron chi connectivity index (χ4n) is 3.54. The molecule has 0 bridgehead atoms. The highest BCUT2D eigenvalue weighted by molar-refractivity contribution is 6.07. The van der Waals surface area contributed by atoms with E-state index in [1.807, 2.05) is 24.3 Å². The molecule has 2 heterocycles. The van der Waals surface area contributed by atoms with Gasteiger partial charge in [-0.05, 0) is 43.7 Å². The van der Waals surface area contributed by atoms with Crippen LogP contribution in [-0.4, -0.2) is 27.4 Å². The van der Waals surface area contributed by atoms with Crippen LogP contribution in [0.25, 0.3) is 11.1 Å². The first-order valence-electron chi connectivity index (χ1n) is 8.06. The highest BCUT2D eigenvalue weighted by atomic mass is 16.3. The Morgan fingerprint density at radius 2 is 2.04 bits per heavy atom. The Kier molecular flexibility index (Phi) is 3.14. The second-order valence-corrected chi connectivity index (χ2v) is 6.66. The van der Waals surface area contributed by atoms with E-state index in [0.717, 1.165) is 18.4 Å². The van der Waals surface area contributed by atoms with Gasteiger partial charge in [0.2, 0.25) is 5.89 Å². The smallest absolute Gasteiger partial charge is 0.325 e. The molecule has 1 N–H and O–H groups in total. The molecule has 1 aliphatic carbocycles. The van der Waals surface area contributed by atoms with Crippen LogP contribution in [0, 0.1) is 5.92 Å². The summed E-state index contributed by atoms with van der Waals surface area (Å²) in [6.07, 6.45) is 3.34. The van der Waals surface area contributed by atoms with E-state index in [1.54, 1.807) is 0 Å². The van der Waals surface area contributed by atoms with Gasteiger partial charge in [-0.25, -0.2) is 9.78 Å². The third kappa shape index (κ3) is 2.29. The van der Waals surface area contributed by atoms with Crippen LogP contribution in [0.1, 0.15) is 38.5 Å². The Hall–Kier alpha value is -2.37. The number of hydrogen-bond donors (Lipinski definition) is 1. The molecule has 1 aromatic carbocycles. The molecule has 23 heavy (non-hydrogen) atoms. The standard InChI is InChI=1S/C17H19N3O3/c1-11-6-8-17(9-7-11)15(21)20(16(22)19-17)10-14-18-12-4-2-3-5-13(12)23-14/h2-5,11H,6-10H2,1H3,(H,19,22). The van der Waals surface area contributed by atoms with Crippen molar-refractivity contribution in [2.45, 2.75) is 44.7 Å². The van der Waals surface area contributed by atoms with Crippen molar-refractivity contribution in [2.75, 3.05) is 0 Å². The largest absolute Gasteiger partial charge is 0.439 e. The number of carbonyl (C=O) groups excluding carboxylic acids is 2. The fourth-order valence-corrected chi connectivity index (χ4v) is 3.54. The van der Waals surface area contributed by atoms with Crippen molar-refractivity contribution in [1.82, 2.24) is 15.2 Å². The number of fused-ring (bicyclic) bond motifs is 1. The molecule has 2 aliphatic rings. The molecule has 2 fully saturated rings. The fraction of sp³-hybridized carbons (Fsp3) is 0.471. The second-order valence-electron chi connectivity index (χ2n) is 6.66. The normalized spacial score (nSPS) is 27.9. The first-order valence-corrected chi connectivity index (χ1v) is 8.06. The summed E-state index contributed by atoms with van der Waals surface area (Å²) in [6, 6.07) is 7.07. The molecule has 0 unspecified atom stereocenters. The topological polar surface area (TPSA) is 75.4 Å². The number of urea groups is 1. The number of para-hydroxylation sites is 2. The number of rotatable bonds is 2. The summed E-state index contributed by atoms with van der Waals surface area (Å²) in [4.78, 5) is 30.7. The zero-order valence-corrected chi connectivity index (χ0v) is 13.0. The van der Waals surface area contributed by atoms with Gasteiger partial charge in [0.05, 0.1) is 0 Å². The van der Waals surface area contributed by atoms with E-state index >= 15 is 0 Å². The third-order valence-corrected chi connectivity index (χ3v) is 5.01. The van der Waals surface area contributed by atoms with Gasteiger partial charge in [0.1, 0.15) is 17.6 Å². The van der Waals surface area contributed by atoms with E-state index in [4.69, 9.17) is 4.42 Å². The average Bonchev–Trinajstić information content (AvgIpc) is 3.05. The number of imide groups is 1. The molecule has 120 valence electrons. The highest BCUT2D eigenvalue weighted by Gasteiger charge is 2.52. The predicted molar refractivity (Wildman–Crippen MR) is 83.5 cm³/mol. The van der Waals surface area contributed by atoms with Crippen LogP contribution in [0.4, 0.5) is 4.79 Å². The van der Waals surface area contributed by atoms with Crippen molar-refractivity contribution >= 4 is 23.0 Å².